The first-order chi connectivity index (χ1) is 8.69. The van der Waals surface area contributed by atoms with Gasteiger partial charge in [-0.3, -0.25) is 4.90 Å². The Morgan fingerprint density at radius 2 is 2.26 bits per heavy atom. The van der Waals surface area contributed by atoms with Crippen molar-refractivity contribution in [2.75, 3.05) is 26.2 Å². The highest BCUT2D eigenvalue weighted by molar-refractivity contribution is 5.85. The van der Waals surface area contributed by atoms with Gasteiger partial charge < -0.3 is 10.1 Å². The Balaban J connectivity index is 0.00000180. The number of halogens is 2. The van der Waals surface area contributed by atoms with Crippen LogP contribution in [-0.2, 0) is 6.54 Å². The van der Waals surface area contributed by atoms with Crippen molar-refractivity contribution in [1.29, 1.82) is 0 Å². The van der Waals surface area contributed by atoms with Gasteiger partial charge >= 0.3 is 0 Å². The largest absolute Gasteiger partial charge is 0.491 e. The number of benzene rings is 1. The highest BCUT2D eigenvalue weighted by Crippen LogP contribution is 2.19. The normalized spacial score (nSPS) is 19.8. The zero-order valence-electron chi connectivity index (χ0n) is 11.5. The molecule has 0 saturated carbocycles. The standard InChI is InChI=1S/C14H21FN2O.ClH/c1-3-18-14-5-4-12(8-13(14)15)10-17-7-6-16-11(2)9-17;/h4-5,8,11,16H,3,6-7,9-10H2,1-2H3;1H/t11-;/m1./s1. The van der Waals surface area contributed by atoms with E-state index in [1.807, 2.05) is 13.0 Å². The smallest absolute Gasteiger partial charge is 0.165 e. The van der Waals surface area contributed by atoms with Crippen LogP contribution in [0.2, 0.25) is 0 Å². The molecule has 1 fully saturated rings. The predicted octanol–water partition coefficient (Wildman–Crippen LogP) is 2.44. The Labute approximate surface area is 120 Å². The number of ether oxygens (including phenoxy) is 1. The van der Waals surface area contributed by atoms with Gasteiger partial charge in [0.1, 0.15) is 0 Å². The molecule has 0 aliphatic carbocycles. The van der Waals surface area contributed by atoms with Crippen LogP contribution >= 0.6 is 12.4 Å². The Bertz CT molecular complexity index is 403. The van der Waals surface area contributed by atoms with Crippen molar-refractivity contribution < 1.29 is 9.13 Å². The van der Waals surface area contributed by atoms with Crippen molar-refractivity contribution in [3.63, 3.8) is 0 Å². The average Bonchev–Trinajstić information content (AvgIpc) is 2.33. The molecule has 1 heterocycles. The highest BCUT2D eigenvalue weighted by Gasteiger charge is 2.16. The van der Waals surface area contributed by atoms with E-state index in [2.05, 4.69) is 17.1 Å². The van der Waals surface area contributed by atoms with E-state index in [1.165, 1.54) is 0 Å². The second-order valence-corrected chi connectivity index (χ2v) is 4.79. The summed E-state index contributed by atoms with van der Waals surface area (Å²) in [5.41, 5.74) is 1.00. The van der Waals surface area contributed by atoms with E-state index in [4.69, 9.17) is 4.74 Å². The summed E-state index contributed by atoms with van der Waals surface area (Å²) in [6.07, 6.45) is 0. The molecule has 1 aromatic rings. The molecule has 1 saturated heterocycles. The molecule has 0 aromatic heterocycles. The minimum Gasteiger partial charge on any atom is -0.491 e. The van der Waals surface area contributed by atoms with Crippen molar-refractivity contribution in [2.45, 2.75) is 26.4 Å². The summed E-state index contributed by atoms with van der Waals surface area (Å²) in [6, 6.07) is 5.75. The first-order valence-corrected chi connectivity index (χ1v) is 6.56. The van der Waals surface area contributed by atoms with Crippen LogP contribution in [-0.4, -0.2) is 37.2 Å². The van der Waals surface area contributed by atoms with E-state index >= 15 is 0 Å². The first kappa shape index (κ1) is 16.2. The quantitative estimate of drug-likeness (QED) is 0.921. The molecule has 5 heteroatoms. The predicted molar refractivity (Wildman–Crippen MR) is 77.6 cm³/mol. The molecular weight excluding hydrogens is 267 g/mol. The molecule has 0 unspecified atom stereocenters. The molecule has 1 aromatic carbocycles. The molecule has 1 aliphatic heterocycles. The van der Waals surface area contributed by atoms with Gasteiger partial charge in [0.2, 0.25) is 0 Å². The summed E-state index contributed by atoms with van der Waals surface area (Å²) in [7, 11) is 0. The maximum Gasteiger partial charge on any atom is 0.165 e. The topological polar surface area (TPSA) is 24.5 Å². The van der Waals surface area contributed by atoms with Gasteiger partial charge in [-0.05, 0) is 31.5 Å². The summed E-state index contributed by atoms with van der Waals surface area (Å²) < 4.78 is 18.9. The average molecular weight is 289 g/mol. The lowest BCUT2D eigenvalue weighted by Crippen LogP contribution is -2.48. The molecule has 19 heavy (non-hydrogen) atoms. The number of nitrogens with one attached hydrogen (secondary N) is 1. The minimum absolute atomic E-state index is 0. The van der Waals surface area contributed by atoms with Gasteiger partial charge in [0.05, 0.1) is 6.61 Å². The fourth-order valence-corrected chi connectivity index (χ4v) is 2.33. The molecule has 1 N–H and O–H groups in total. The van der Waals surface area contributed by atoms with Gasteiger partial charge in [-0.2, -0.15) is 0 Å². The summed E-state index contributed by atoms with van der Waals surface area (Å²) in [4.78, 5) is 2.34. The maximum absolute atomic E-state index is 13.7. The summed E-state index contributed by atoms with van der Waals surface area (Å²) in [5, 5.41) is 3.40. The van der Waals surface area contributed by atoms with Crippen LogP contribution in [0.3, 0.4) is 0 Å². The second-order valence-electron chi connectivity index (χ2n) is 4.79. The van der Waals surface area contributed by atoms with Crippen LogP contribution < -0.4 is 10.1 Å². The Hall–Kier alpha value is -0.840. The third-order valence-electron chi connectivity index (χ3n) is 3.16. The van der Waals surface area contributed by atoms with Crippen LogP contribution in [0, 0.1) is 5.82 Å². The number of rotatable bonds is 4. The van der Waals surface area contributed by atoms with Crippen LogP contribution in [0.15, 0.2) is 18.2 Å². The summed E-state index contributed by atoms with van der Waals surface area (Å²) in [6.45, 7) is 8.34. The highest BCUT2D eigenvalue weighted by atomic mass is 35.5. The maximum atomic E-state index is 13.7. The Morgan fingerprint density at radius 3 is 2.89 bits per heavy atom. The monoisotopic (exact) mass is 288 g/mol. The third-order valence-corrected chi connectivity index (χ3v) is 3.16. The molecule has 108 valence electrons. The lowest BCUT2D eigenvalue weighted by atomic mass is 10.1. The molecular formula is C14H22ClFN2O. The van der Waals surface area contributed by atoms with Gasteiger partial charge in [0.25, 0.3) is 0 Å². The molecule has 3 nitrogen and oxygen atoms in total. The molecule has 2 rings (SSSR count). The van der Waals surface area contributed by atoms with Gasteiger partial charge in [-0.1, -0.05) is 6.07 Å². The SMILES string of the molecule is CCOc1ccc(CN2CCN[C@H](C)C2)cc1F.Cl. The number of piperazine rings is 1. The van der Waals surface area contributed by atoms with Crippen LogP contribution in [0.25, 0.3) is 0 Å². The lowest BCUT2D eigenvalue weighted by molar-refractivity contribution is 0.199. The van der Waals surface area contributed by atoms with Gasteiger partial charge in [0, 0.05) is 32.2 Å². The molecule has 1 aliphatic rings. The van der Waals surface area contributed by atoms with Crippen molar-refractivity contribution >= 4 is 12.4 Å². The van der Waals surface area contributed by atoms with Crippen molar-refractivity contribution in [1.82, 2.24) is 10.2 Å². The third kappa shape index (κ3) is 4.64. The fraction of sp³-hybridized carbons (Fsp3) is 0.571. The van der Waals surface area contributed by atoms with Crippen molar-refractivity contribution in [2.24, 2.45) is 0 Å². The molecule has 0 bridgehead atoms. The van der Waals surface area contributed by atoms with E-state index in [-0.39, 0.29) is 18.2 Å². The summed E-state index contributed by atoms with van der Waals surface area (Å²) >= 11 is 0. The van der Waals surface area contributed by atoms with Crippen molar-refractivity contribution in [3.8, 4) is 5.75 Å². The van der Waals surface area contributed by atoms with E-state index < -0.39 is 0 Å². The van der Waals surface area contributed by atoms with E-state index in [0.717, 1.165) is 31.7 Å². The number of nitrogens with zero attached hydrogens (tertiary/aromatic N) is 1. The van der Waals surface area contributed by atoms with E-state index in [1.54, 1.807) is 12.1 Å². The molecule has 0 spiro atoms. The van der Waals surface area contributed by atoms with Crippen LogP contribution in [0.5, 0.6) is 5.75 Å². The van der Waals surface area contributed by atoms with Crippen molar-refractivity contribution in [3.05, 3.63) is 29.6 Å². The van der Waals surface area contributed by atoms with Crippen LogP contribution in [0.4, 0.5) is 4.39 Å². The van der Waals surface area contributed by atoms with Gasteiger partial charge in [0.15, 0.2) is 11.6 Å². The van der Waals surface area contributed by atoms with Gasteiger partial charge in [-0.15, -0.1) is 12.4 Å². The zero-order chi connectivity index (χ0) is 13.0. The Morgan fingerprint density at radius 1 is 1.47 bits per heavy atom. The van der Waals surface area contributed by atoms with E-state index in [0.29, 0.717) is 18.4 Å². The second kappa shape index (κ2) is 7.68. The molecule has 0 radical (unpaired) electrons. The lowest BCUT2D eigenvalue weighted by Gasteiger charge is -2.31. The minimum atomic E-state index is -0.266. The molecule has 1 atom stereocenters. The number of hydrogen-bond acceptors (Lipinski definition) is 3. The molecule has 0 amide bonds. The number of hydrogen-bond donors (Lipinski definition) is 1. The fourth-order valence-electron chi connectivity index (χ4n) is 2.33. The first-order valence-electron chi connectivity index (χ1n) is 6.56. The van der Waals surface area contributed by atoms with E-state index in [9.17, 15) is 4.39 Å². The zero-order valence-corrected chi connectivity index (χ0v) is 12.3. The Kier molecular flexibility index (Phi) is 6.55. The van der Waals surface area contributed by atoms with Gasteiger partial charge in [-0.25, -0.2) is 4.39 Å². The summed E-state index contributed by atoms with van der Waals surface area (Å²) in [5.74, 6) is 0.0764. The van der Waals surface area contributed by atoms with Crippen LogP contribution in [0.1, 0.15) is 19.4 Å².